The number of hydrogen-bond acceptors (Lipinski definition) is 17. The predicted molar refractivity (Wildman–Crippen MR) is 274 cm³/mol. The number of Topliss-reactive ketones (excluding diaryl/α,β-unsaturated/α-hetero) is 1. The second-order valence-corrected chi connectivity index (χ2v) is 22.7. The fraction of sp³-hybridized carbons (Fsp3) is 0.800. The Hall–Kier alpha value is -2.95. The summed E-state index contributed by atoms with van der Waals surface area (Å²) >= 11 is 0. The molecule has 18 heteroatoms. The minimum absolute atomic E-state index is 0.0242. The highest BCUT2D eigenvalue weighted by Crippen LogP contribution is 2.46. The number of aliphatic hydroxyl groups is 6. The molecule has 416 valence electrons. The Bertz CT molecular complexity index is 2010. The van der Waals surface area contributed by atoms with Gasteiger partial charge >= 0.3 is 5.97 Å². The highest BCUT2D eigenvalue weighted by atomic mass is 16.7. The first-order valence-electron chi connectivity index (χ1n) is 26.5. The van der Waals surface area contributed by atoms with Crippen LogP contribution in [0.4, 0.5) is 0 Å². The van der Waals surface area contributed by atoms with Crippen molar-refractivity contribution < 1.29 is 73.4 Å². The number of carbonyl (C=O) groups is 3. The van der Waals surface area contributed by atoms with E-state index in [0.29, 0.717) is 12.0 Å². The summed E-state index contributed by atoms with van der Waals surface area (Å²) in [5.74, 6) is -5.73. The molecule has 4 heterocycles. The van der Waals surface area contributed by atoms with Gasteiger partial charge in [0.15, 0.2) is 6.29 Å². The van der Waals surface area contributed by atoms with Gasteiger partial charge in [-0.1, -0.05) is 65.0 Å². The number of methoxy groups -OCH3 is 2. The maximum Gasteiger partial charge on any atom is 0.309 e. The molecule has 7 N–H and O–H groups in total. The summed E-state index contributed by atoms with van der Waals surface area (Å²) in [4.78, 5) is 46.5. The molecule has 0 saturated carbocycles. The van der Waals surface area contributed by atoms with Gasteiger partial charge in [-0.2, -0.15) is 0 Å². The molecule has 4 aliphatic heterocycles. The summed E-state index contributed by atoms with van der Waals surface area (Å²) < 4.78 is 38.5. The fourth-order valence-corrected chi connectivity index (χ4v) is 12.2. The minimum Gasteiger partial charge on any atom is -0.459 e. The molecule has 0 radical (unpaired) electrons. The van der Waals surface area contributed by atoms with Crippen molar-refractivity contribution in [3.8, 4) is 0 Å². The van der Waals surface area contributed by atoms with Crippen molar-refractivity contribution in [2.45, 2.75) is 198 Å². The molecule has 1 aromatic carbocycles. The van der Waals surface area contributed by atoms with Crippen LogP contribution in [-0.2, 0) is 42.8 Å². The maximum absolute atomic E-state index is 14.6. The van der Waals surface area contributed by atoms with Gasteiger partial charge in [-0.25, -0.2) is 0 Å². The molecule has 1 amide bonds. The summed E-state index contributed by atoms with van der Waals surface area (Å²) in [5, 5.41) is 71.5. The summed E-state index contributed by atoms with van der Waals surface area (Å²) in [6.45, 7) is 18.6. The molecule has 0 bridgehead atoms. The molecular formula is C55H91N3O15. The SMILES string of the molecule is CC[C@H]1OC(=O)[C@H](C)C([C@H]2C[C@@](C)(OC)[C@@H](O)[C@H](C)O2)[C@H](C)[C@@H](O[C@@H]2O[C@H](C)C[C@H](N(C)CCC(=O)N[C@H](CO)[C@H](O)c3ccc(C4=CCCN(C)C4)cc3)[C@H]2O)[C@](C)(OC)C[C@@H](C)C(=O)[C@H](C)[C@@H](O)[C@]1(C)O. The molecular weight excluding hydrogens is 943 g/mol. The van der Waals surface area contributed by atoms with E-state index >= 15 is 0 Å². The van der Waals surface area contributed by atoms with Crippen LogP contribution in [0.2, 0.25) is 0 Å². The average molecular weight is 1030 g/mol. The van der Waals surface area contributed by atoms with E-state index < -0.39 is 138 Å². The van der Waals surface area contributed by atoms with Crippen LogP contribution in [-0.4, -0.2) is 197 Å². The number of nitrogens with one attached hydrogen (secondary N) is 1. The van der Waals surface area contributed by atoms with E-state index in [-0.39, 0.29) is 38.0 Å². The lowest BCUT2D eigenvalue weighted by molar-refractivity contribution is -0.305. The smallest absolute Gasteiger partial charge is 0.309 e. The molecule has 5 rings (SSSR count). The number of hydrogen-bond donors (Lipinski definition) is 7. The monoisotopic (exact) mass is 1030 g/mol. The normalized spacial score (nSPS) is 40.6. The van der Waals surface area contributed by atoms with Gasteiger partial charge in [0.25, 0.3) is 0 Å². The van der Waals surface area contributed by atoms with Crippen LogP contribution in [0, 0.1) is 29.6 Å². The van der Waals surface area contributed by atoms with E-state index in [0.717, 1.165) is 25.1 Å². The first-order chi connectivity index (χ1) is 34.2. The number of cyclic esters (lactones) is 1. The average Bonchev–Trinajstić information content (AvgIpc) is 3.36. The van der Waals surface area contributed by atoms with Crippen LogP contribution in [0.3, 0.4) is 0 Å². The topological polar surface area (TPSA) is 246 Å². The number of ether oxygens (including phenoxy) is 6. The first kappa shape index (κ1) is 60.9. The molecule has 18 nitrogen and oxygen atoms in total. The standard InChI is InChI=1S/C55H91N3O15/c1-15-42-55(10,67)48(64)34(6)45(61)30(2)26-54(9,69-14)50(32(4)44(33(5)51(66)72-42)41-27-53(8,68-13)49(65)35(7)71-41)73-52-47(63)40(25-31(3)70-52)58(12)24-22-43(60)56-39(29-59)46(62)37-20-18-36(19-21-37)38-17-16-23-57(11)28-38/h17-21,30-35,39-42,44,46-50,52,59,62-65,67H,15-16,22-29H2,1-14H3,(H,56,60)/t30-,31-,32+,33-,34+,35+,39-,40+,41-,42-,44?,46-,47-,48-,49+,50-,52+,53-,54-,55-/m1/s1. The van der Waals surface area contributed by atoms with Gasteiger partial charge in [-0.15, -0.1) is 0 Å². The van der Waals surface area contributed by atoms with Gasteiger partial charge in [0.1, 0.15) is 35.8 Å². The molecule has 1 unspecified atom stereocenters. The van der Waals surface area contributed by atoms with Crippen LogP contribution >= 0.6 is 0 Å². The molecule has 3 saturated heterocycles. The predicted octanol–water partition coefficient (Wildman–Crippen LogP) is 3.40. The molecule has 4 aliphatic rings. The van der Waals surface area contributed by atoms with E-state index in [1.165, 1.54) is 33.6 Å². The fourth-order valence-electron chi connectivity index (χ4n) is 12.2. The summed E-state index contributed by atoms with van der Waals surface area (Å²) in [6, 6.07) is 5.96. The maximum atomic E-state index is 14.6. The van der Waals surface area contributed by atoms with Crippen molar-refractivity contribution in [2.75, 3.05) is 54.6 Å². The Labute approximate surface area is 434 Å². The van der Waals surface area contributed by atoms with E-state index in [4.69, 9.17) is 28.4 Å². The molecule has 1 aromatic rings. The molecule has 0 spiro atoms. The number of nitrogens with zero attached hydrogens (tertiary/aromatic N) is 2. The lowest BCUT2D eigenvalue weighted by atomic mass is 9.67. The number of benzene rings is 1. The van der Waals surface area contributed by atoms with Crippen LogP contribution in [0.25, 0.3) is 5.57 Å². The zero-order valence-corrected chi connectivity index (χ0v) is 46.0. The molecule has 73 heavy (non-hydrogen) atoms. The Morgan fingerprint density at radius 2 is 1.59 bits per heavy atom. The Morgan fingerprint density at radius 3 is 2.18 bits per heavy atom. The zero-order chi connectivity index (χ0) is 54.5. The van der Waals surface area contributed by atoms with Crippen LogP contribution in [0.5, 0.6) is 0 Å². The Kier molecular flexibility index (Phi) is 21.2. The number of carbonyl (C=O) groups excluding carboxylic acids is 3. The van der Waals surface area contributed by atoms with Crippen molar-refractivity contribution in [2.24, 2.45) is 29.6 Å². The number of ketones is 1. The molecule has 0 aromatic heterocycles. The third kappa shape index (κ3) is 13.8. The van der Waals surface area contributed by atoms with Crippen molar-refractivity contribution in [3.63, 3.8) is 0 Å². The molecule has 3 fully saturated rings. The van der Waals surface area contributed by atoms with Gasteiger partial charge in [0.05, 0.1) is 60.3 Å². The Balaban J connectivity index is 1.42. The second kappa shape index (κ2) is 25.5. The largest absolute Gasteiger partial charge is 0.459 e. The van der Waals surface area contributed by atoms with Crippen LogP contribution < -0.4 is 5.32 Å². The highest BCUT2D eigenvalue weighted by molar-refractivity contribution is 5.83. The van der Waals surface area contributed by atoms with Crippen molar-refractivity contribution in [3.05, 3.63) is 41.5 Å². The van der Waals surface area contributed by atoms with Gasteiger partial charge in [0.2, 0.25) is 5.91 Å². The second-order valence-electron chi connectivity index (χ2n) is 22.7. The van der Waals surface area contributed by atoms with Gasteiger partial charge < -0.3 is 74.2 Å². The summed E-state index contributed by atoms with van der Waals surface area (Å²) in [7, 11) is 6.87. The third-order valence-corrected chi connectivity index (χ3v) is 17.1. The van der Waals surface area contributed by atoms with E-state index in [1.54, 1.807) is 48.6 Å². The lowest BCUT2D eigenvalue weighted by Crippen LogP contribution is -2.62. The number of aliphatic hydroxyl groups excluding tert-OH is 5. The van der Waals surface area contributed by atoms with Crippen molar-refractivity contribution in [1.82, 2.24) is 15.1 Å². The quantitative estimate of drug-likeness (QED) is 0.125. The van der Waals surface area contributed by atoms with E-state index in [2.05, 4.69) is 23.3 Å². The van der Waals surface area contributed by atoms with Crippen molar-refractivity contribution in [1.29, 1.82) is 0 Å². The highest BCUT2D eigenvalue weighted by Gasteiger charge is 2.56. The van der Waals surface area contributed by atoms with Crippen LogP contribution in [0.15, 0.2) is 30.3 Å². The van der Waals surface area contributed by atoms with Crippen LogP contribution in [0.1, 0.15) is 125 Å². The first-order valence-corrected chi connectivity index (χ1v) is 26.5. The lowest BCUT2D eigenvalue weighted by Gasteiger charge is -2.52. The molecule has 20 atom stereocenters. The van der Waals surface area contributed by atoms with E-state index in [1.807, 2.05) is 43.0 Å². The van der Waals surface area contributed by atoms with Gasteiger partial charge in [0, 0.05) is 70.5 Å². The summed E-state index contributed by atoms with van der Waals surface area (Å²) in [6.07, 6.45) is -6.67. The number of rotatable bonds is 15. The van der Waals surface area contributed by atoms with Crippen molar-refractivity contribution >= 4 is 23.2 Å². The van der Waals surface area contributed by atoms with Gasteiger partial charge in [-0.05, 0) is 97.0 Å². The summed E-state index contributed by atoms with van der Waals surface area (Å²) in [5.41, 5.74) is -1.62. The van der Waals surface area contributed by atoms with E-state index in [9.17, 15) is 45.0 Å². The third-order valence-electron chi connectivity index (χ3n) is 17.1. The zero-order valence-electron chi connectivity index (χ0n) is 46.0. The molecule has 0 aliphatic carbocycles. The Morgan fingerprint density at radius 1 is 0.945 bits per heavy atom. The minimum atomic E-state index is -2.00. The number of esters is 1. The number of amides is 1. The van der Waals surface area contributed by atoms with Gasteiger partial charge in [-0.3, -0.25) is 14.4 Å². The number of likely N-dealkylation sites (N-methyl/N-ethyl adjacent to an activating group) is 2.